The molecular weight excluding hydrogens is 282 g/mol. The molecule has 0 bridgehead atoms. The van der Waals surface area contributed by atoms with E-state index in [9.17, 15) is 13.2 Å². The average molecular weight is 299 g/mol. The molecule has 1 unspecified atom stereocenters. The standard InChI is InChI=1S/C13H17NO5S/c1-20(17,18)11-4-2-3-10(7-11)19-8-12(13(15)16)14-9-5-6-9/h2-4,7,9,12,14H,5-6,8H2,1H3,(H,15,16). The molecule has 2 rings (SSSR count). The summed E-state index contributed by atoms with van der Waals surface area (Å²) in [6.07, 6.45) is 3.07. The minimum atomic E-state index is -3.30. The summed E-state index contributed by atoms with van der Waals surface area (Å²) in [6, 6.07) is 5.50. The number of carboxylic acids is 1. The van der Waals surface area contributed by atoms with E-state index in [1.807, 2.05) is 0 Å². The second kappa shape index (κ2) is 5.80. The number of hydrogen-bond acceptors (Lipinski definition) is 5. The third-order valence-corrected chi connectivity index (χ3v) is 4.07. The van der Waals surface area contributed by atoms with Crippen LogP contribution in [0.5, 0.6) is 5.75 Å². The van der Waals surface area contributed by atoms with Crippen LogP contribution in [0.15, 0.2) is 29.2 Å². The first kappa shape index (κ1) is 14.8. The Bertz CT molecular complexity index is 595. The molecule has 0 aliphatic heterocycles. The molecule has 2 N–H and O–H groups in total. The molecule has 0 amide bonds. The highest BCUT2D eigenvalue weighted by Crippen LogP contribution is 2.20. The van der Waals surface area contributed by atoms with Gasteiger partial charge in [0.15, 0.2) is 9.84 Å². The molecule has 1 aliphatic carbocycles. The van der Waals surface area contributed by atoms with Gasteiger partial charge in [-0.2, -0.15) is 0 Å². The van der Waals surface area contributed by atoms with Crippen LogP contribution >= 0.6 is 0 Å². The predicted octanol–water partition coefficient (Wildman–Crippen LogP) is 0.674. The summed E-state index contributed by atoms with van der Waals surface area (Å²) < 4.78 is 28.2. The lowest BCUT2D eigenvalue weighted by Gasteiger charge is -2.15. The summed E-state index contributed by atoms with van der Waals surface area (Å²) in [7, 11) is -3.30. The quantitative estimate of drug-likeness (QED) is 0.769. The van der Waals surface area contributed by atoms with Crippen molar-refractivity contribution in [1.82, 2.24) is 5.32 Å². The van der Waals surface area contributed by atoms with Crippen LogP contribution in [0.3, 0.4) is 0 Å². The highest BCUT2D eigenvalue weighted by molar-refractivity contribution is 7.90. The van der Waals surface area contributed by atoms with Crippen LogP contribution < -0.4 is 10.1 Å². The first-order valence-corrected chi connectivity index (χ1v) is 8.17. The third-order valence-electron chi connectivity index (χ3n) is 2.96. The zero-order chi connectivity index (χ0) is 14.8. The molecule has 1 saturated carbocycles. The van der Waals surface area contributed by atoms with Gasteiger partial charge in [0.05, 0.1) is 4.90 Å². The summed E-state index contributed by atoms with van der Waals surface area (Å²) in [5.41, 5.74) is 0. The van der Waals surface area contributed by atoms with E-state index in [1.54, 1.807) is 12.1 Å². The summed E-state index contributed by atoms with van der Waals surface area (Å²) in [5, 5.41) is 12.0. The smallest absolute Gasteiger partial charge is 0.324 e. The van der Waals surface area contributed by atoms with E-state index in [-0.39, 0.29) is 17.5 Å². The van der Waals surface area contributed by atoms with Gasteiger partial charge >= 0.3 is 5.97 Å². The van der Waals surface area contributed by atoms with Gasteiger partial charge < -0.3 is 9.84 Å². The van der Waals surface area contributed by atoms with Crippen molar-refractivity contribution in [2.45, 2.75) is 29.8 Å². The molecule has 1 aliphatic rings. The van der Waals surface area contributed by atoms with Gasteiger partial charge in [-0.1, -0.05) is 6.07 Å². The topological polar surface area (TPSA) is 92.7 Å². The van der Waals surface area contributed by atoms with Crippen molar-refractivity contribution in [1.29, 1.82) is 0 Å². The molecule has 20 heavy (non-hydrogen) atoms. The van der Waals surface area contributed by atoms with Gasteiger partial charge in [0, 0.05) is 12.3 Å². The first-order chi connectivity index (χ1) is 9.36. The summed E-state index contributed by atoms with van der Waals surface area (Å²) in [4.78, 5) is 11.2. The fraction of sp³-hybridized carbons (Fsp3) is 0.462. The van der Waals surface area contributed by atoms with E-state index in [0.29, 0.717) is 5.75 Å². The van der Waals surface area contributed by atoms with Crippen molar-refractivity contribution in [3.05, 3.63) is 24.3 Å². The molecule has 1 atom stereocenters. The zero-order valence-electron chi connectivity index (χ0n) is 11.1. The Morgan fingerprint density at radius 1 is 1.50 bits per heavy atom. The van der Waals surface area contributed by atoms with E-state index < -0.39 is 21.8 Å². The maximum Gasteiger partial charge on any atom is 0.324 e. The Balaban J connectivity index is 2.00. The van der Waals surface area contributed by atoms with Crippen LogP contribution in [-0.4, -0.2) is 44.4 Å². The molecule has 1 aromatic rings. The lowest BCUT2D eigenvalue weighted by Crippen LogP contribution is -2.42. The number of sulfone groups is 1. The molecule has 1 fully saturated rings. The Morgan fingerprint density at radius 2 is 2.20 bits per heavy atom. The van der Waals surface area contributed by atoms with Gasteiger partial charge in [-0.3, -0.25) is 10.1 Å². The number of ether oxygens (including phenoxy) is 1. The molecule has 7 heteroatoms. The van der Waals surface area contributed by atoms with E-state index in [0.717, 1.165) is 19.1 Å². The highest BCUT2D eigenvalue weighted by Gasteiger charge is 2.28. The van der Waals surface area contributed by atoms with Gasteiger partial charge in [-0.25, -0.2) is 8.42 Å². The molecule has 0 heterocycles. The van der Waals surface area contributed by atoms with E-state index in [1.165, 1.54) is 12.1 Å². The van der Waals surface area contributed by atoms with Crippen LogP contribution in [0.25, 0.3) is 0 Å². The monoisotopic (exact) mass is 299 g/mol. The van der Waals surface area contributed by atoms with Crippen molar-refractivity contribution in [3.63, 3.8) is 0 Å². The molecule has 6 nitrogen and oxygen atoms in total. The number of carboxylic acid groups (broad SMARTS) is 1. The van der Waals surface area contributed by atoms with E-state index >= 15 is 0 Å². The zero-order valence-corrected chi connectivity index (χ0v) is 11.9. The number of hydrogen-bond donors (Lipinski definition) is 2. The number of nitrogens with one attached hydrogen (secondary N) is 1. The lowest BCUT2D eigenvalue weighted by molar-refractivity contribution is -0.140. The van der Waals surface area contributed by atoms with Crippen LogP contribution in [0.4, 0.5) is 0 Å². The molecule has 110 valence electrons. The maximum atomic E-state index is 11.4. The number of aliphatic carboxylic acids is 1. The van der Waals surface area contributed by atoms with Crippen molar-refractivity contribution in [3.8, 4) is 5.75 Å². The Hall–Kier alpha value is -1.60. The molecule has 0 radical (unpaired) electrons. The minimum Gasteiger partial charge on any atom is -0.491 e. The van der Waals surface area contributed by atoms with Gasteiger partial charge in [0.25, 0.3) is 0 Å². The normalized spacial score (nSPS) is 16.6. The third kappa shape index (κ3) is 4.21. The highest BCUT2D eigenvalue weighted by atomic mass is 32.2. The SMILES string of the molecule is CS(=O)(=O)c1cccc(OCC(NC2CC2)C(=O)O)c1. The van der Waals surface area contributed by atoms with E-state index in [4.69, 9.17) is 9.84 Å². The maximum absolute atomic E-state index is 11.4. The lowest BCUT2D eigenvalue weighted by atomic mass is 10.3. The van der Waals surface area contributed by atoms with Gasteiger partial charge in [-0.15, -0.1) is 0 Å². The molecule has 0 saturated heterocycles. The van der Waals surface area contributed by atoms with Gasteiger partial charge in [0.1, 0.15) is 18.4 Å². The van der Waals surface area contributed by atoms with Crippen molar-refractivity contribution in [2.75, 3.05) is 12.9 Å². The van der Waals surface area contributed by atoms with Gasteiger partial charge in [-0.05, 0) is 31.0 Å². The molecule has 0 spiro atoms. The number of benzene rings is 1. The Kier molecular flexibility index (Phi) is 4.29. The van der Waals surface area contributed by atoms with E-state index in [2.05, 4.69) is 5.32 Å². The van der Waals surface area contributed by atoms with Crippen LogP contribution in [-0.2, 0) is 14.6 Å². The minimum absolute atomic E-state index is 0.0426. The Labute approximate surface area is 117 Å². The van der Waals surface area contributed by atoms with Crippen LogP contribution in [0, 0.1) is 0 Å². The van der Waals surface area contributed by atoms with Gasteiger partial charge in [0.2, 0.25) is 0 Å². The fourth-order valence-corrected chi connectivity index (χ4v) is 2.36. The summed E-state index contributed by atoms with van der Waals surface area (Å²) in [5.74, 6) is -0.632. The van der Waals surface area contributed by atoms with Crippen molar-refractivity contribution < 1.29 is 23.1 Å². The summed E-state index contributed by atoms with van der Waals surface area (Å²) >= 11 is 0. The van der Waals surface area contributed by atoms with Crippen LogP contribution in [0.1, 0.15) is 12.8 Å². The largest absolute Gasteiger partial charge is 0.491 e. The average Bonchev–Trinajstić information content (AvgIpc) is 3.17. The first-order valence-electron chi connectivity index (χ1n) is 6.28. The molecule has 1 aromatic carbocycles. The van der Waals surface area contributed by atoms with Crippen molar-refractivity contribution >= 4 is 15.8 Å². The summed E-state index contributed by atoms with van der Waals surface area (Å²) in [6.45, 7) is -0.0426. The van der Waals surface area contributed by atoms with Crippen LogP contribution in [0.2, 0.25) is 0 Å². The number of rotatable bonds is 7. The second-order valence-electron chi connectivity index (χ2n) is 4.89. The molecular formula is C13H17NO5S. The Morgan fingerprint density at radius 3 is 2.75 bits per heavy atom. The molecule has 0 aromatic heterocycles. The fourth-order valence-electron chi connectivity index (χ4n) is 1.70. The predicted molar refractivity (Wildman–Crippen MR) is 72.6 cm³/mol. The number of carbonyl (C=O) groups is 1. The van der Waals surface area contributed by atoms with Crippen molar-refractivity contribution in [2.24, 2.45) is 0 Å². The second-order valence-corrected chi connectivity index (χ2v) is 6.91.